The highest BCUT2D eigenvalue weighted by Crippen LogP contribution is 2.20. The summed E-state index contributed by atoms with van der Waals surface area (Å²) in [5, 5.41) is 21.6. The summed E-state index contributed by atoms with van der Waals surface area (Å²) in [6.45, 7) is 5.60. The summed E-state index contributed by atoms with van der Waals surface area (Å²) in [6, 6.07) is 0. The van der Waals surface area contributed by atoms with Crippen molar-refractivity contribution in [2.45, 2.75) is 26.3 Å². The minimum absolute atomic E-state index is 0.303. The molecule has 0 atom stereocenters. The fraction of sp³-hybridized carbons (Fsp3) is 0.500. The number of aromatic nitrogens is 2. The zero-order valence-electron chi connectivity index (χ0n) is 7.77. The topological polar surface area (TPSA) is 75.4 Å². The number of nitrogens with zero attached hydrogens (tertiary/aromatic N) is 2. The molecule has 5 heteroatoms. The highest BCUT2D eigenvalue weighted by Gasteiger charge is 2.20. The van der Waals surface area contributed by atoms with Crippen molar-refractivity contribution >= 4 is 5.97 Å². The number of aromatic carboxylic acids is 1. The Labute approximate surface area is 75.6 Å². The first-order valence-corrected chi connectivity index (χ1v) is 3.85. The fourth-order valence-corrected chi connectivity index (χ4v) is 0.861. The van der Waals surface area contributed by atoms with Gasteiger partial charge < -0.3 is 10.2 Å². The van der Waals surface area contributed by atoms with Gasteiger partial charge in [0.25, 0.3) is 0 Å². The first kappa shape index (κ1) is 9.57. The Kier molecular flexibility index (Phi) is 2.03. The maximum atomic E-state index is 10.5. The SMILES string of the molecule is CC(C)(C)n1cc(O)c(C(=O)O)n1. The molecule has 72 valence electrons. The lowest BCUT2D eigenvalue weighted by Gasteiger charge is -2.18. The van der Waals surface area contributed by atoms with Crippen LogP contribution < -0.4 is 0 Å². The van der Waals surface area contributed by atoms with E-state index in [4.69, 9.17) is 5.11 Å². The number of hydrogen-bond acceptors (Lipinski definition) is 3. The Hall–Kier alpha value is -1.52. The van der Waals surface area contributed by atoms with E-state index in [9.17, 15) is 9.90 Å². The van der Waals surface area contributed by atoms with Crippen LogP contribution in [0.15, 0.2) is 6.20 Å². The first-order valence-electron chi connectivity index (χ1n) is 3.85. The van der Waals surface area contributed by atoms with E-state index in [1.54, 1.807) is 0 Å². The molecule has 0 bridgehead atoms. The molecule has 0 spiro atoms. The highest BCUT2D eigenvalue weighted by molar-refractivity contribution is 5.88. The van der Waals surface area contributed by atoms with Crippen molar-refractivity contribution in [1.29, 1.82) is 0 Å². The van der Waals surface area contributed by atoms with Gasteiger partial charge in [0.1, 0.15) is 0 Å². The Morgan fingerprint density at radius 3 is 2.31 bits per heavy atom. The van der Waals surface area contributed by atoms with Crippen LogP contribution in [0.2, 0.25) is 0 Å². The highest BCUT2D eigenvalue weighted by atomic mass is 16.4. The third-order valence-corrected chi connectivity index (χ3v) is 1.58. The van der Waals surface area contributed by atoms with E-state index >= 15 is 0 Å². The molecule has 2 N–H and O–H groups in total. The van der Waals surface area contributed by atoms with Crippen LogP contribution in [-0.2, 0) is 5.54 Å². The van der Waals surface area contributed by atoms with E-state index in [1.807, 2.05) is 20.8 Å². The molecule has 0 aliphatic heterocycles. The van der Waals surface area contributed by atoms with Gasteiger partial charge in [0.15, 0.2) is 5.75 Å². The fourth-order valence-electron chi connectivity index (χ4n) is 0.861. The number of carbonyl (C=O) groups is 1. The standard InChI is InChI=1S/C8H12N2O3/c1-8(2,3)10-4-5(11)6(9-10)7(12)13/h4,11H,1-3H3,(H,12,13). The van der Waals surface area contributed by atoms with E-state index in [0.717, 1.165) is 0 Å². The summed E-state index contributed by atoms with van der Waals surface area (Å²) >= 11 is 0. The molecule has 0 radical (unpaired) electrons. The van der Waals surface area contributed by atoms with Gasteiger partial charge in [-0.15, -0.1) is 0 Å². The van der Waals surface area contributed by atoms with Crippen LogP contribution in [0, 0.1) is 0 Å². The van der Waals surface area contributed by atoms with Crippen molar-refractivity contribution in [3.63, 3.8) is 0 Å². The second-order valence-corrected chi connectivity index (χ2v) is 3.78. The van der Waals surface area contributed by atoms with Crippen molar-refractivity contribution in [2.24, 2.45) is 0 Å². The van der Waals surface area contributed by atoms with Crippen LogP contribution in [0.4, 0.5) is 0 Å². The molecule has 5 nitrogen and oxygen atoms in total. The maximum absolute atomic E-state index is 10.5. The van der Waals surface area contributed by atoms with Gasteiger partial charge in [-0.1, -0.05) is 0 Å². The average Bonchev–Trinajstić information content (AvgIpc) is 2.29. The molecule has 1 aromatic rings. The van der Waals surface area contributed by atoms with Gasteiger partial charge in [-0.05, 0) is 20.8 Å². The molecule has 0 unspecified atom stereocenters. The van der Waals surface area contributed by atoms with Gasteiger partial charge >= 0.3 is 5.97 Å². The number of hydrogen-bond donors (Lipinski definition) is 2. The lowest BCUT2D eigenvalue weighted by atomic mass is 10.1. The molecule has 0 aromatic carbocycles. The van der Waals surface area contributed by atoms with Crippen LogP contribution in [0.5, 0.6) is 5.75 Å². The van der Waals surface area contributed by atoms with E-state index in [0.29, 0.717) is 0 Å². The lowest BCUT2D eigenvalue weighted by molar-refractivity contribution is 0.0685. The number of aromatic hydroxyl groups is 1. The molecule has 1 heterocycles. The molecule has 13 heavy (non-hydrogen) atoms. The van der Waals surface area contributed by atoms with Crippen LogP contribution in [0.1, 0.15) is 31.3 Å². The summed E-state index contributed by atoms with van der Waals surface area (Å²) in [6.07, 6.45) is 1.31. The minimum Gasteiger partial charge on any atom is -0.504 e. The number of carboxylic acids is 1. The minimum atomic E-state index is -1.22. The van der Waals surface area contributed by atoms with Crippen molar-refractivity contribution in [1.82, 2.24) is 9.78 Å². The second kappa shape index (κ2) is 2.76. The normalized spacial score (nSPS) is 11.6. The predicted molar refractivity (Wildman–Crippen MR) is 45.8 cm³/mol. The largest absolute Gasteiger partial charge is 0.504 e. The molecular weight excluding hydrogens is 172 g/mol. The van der Waals surface area contributed by atoms with Crippen LogP contribution in [-0.4, -0.2) is 26.0 Å². The number of rotatable bonds is 1. The van der Waals surface area contributed by atoms with Crippen LogP contribution >= 0.6 is 0 Å². The molecular formula is C8H12N2O3. The summed E-state index contributed by atoms with van der Waals surface area (Å²) in [5.41, 5.74) is -0.638. The van der Waals surface area contributed by atoms with E-state index in [2.05, 4.69) is 5.10 Å². The van der Waals surface area contributed by atoms with Gasteiger partial charge in [0.05, 0.1) is 11.7 Å². The van der Waals surface area contributed by atoms with Crippen LogP contribution in [0.25, 0.3) is 0 Å². The van der Waals surface area contributed by atoms with E-state index in [-0.39, 0.29) is 17.0 Å². The first-order chi connectivity index (χ1) is 5.82. The maximum Gasteiger partial charge on any atom is 0.360 e. The summed E-state index contributed by atoms with van der Waals surface area (Å²) in [4.78, 5) is 10.5. The molecule has 0 aliphatic rings. The molecule has 0 saturated carbocycles. The Morgan fingerprint density at radius 2 is 2.08 bits per heavy atom. The van der Waals surface area contributed by atoms with Gasteiger partial charge in [0, 0.05) is 0 Å². The van der Waals surface area contributed by atoms with Crippen molar-refractivity contribution < 1.29 is 15.0 Å². The summed E-state index contributed by atoms with van der Waals surface area (Å²) in [5.74, 6) is -1.53. The lowest BCUT2D eigenvalue weighted by Crippen LogP contribution is -2.22. The Bertz CT molecular complexity index is 336. The quantitative estimate of drug-likeness (QED) is 0.683. The van der Waals surface area contributed by atoms with E-state index in [1.165, 1.54) is 10.9 Å². The van der Waals surface area contributed by atoms with Crippen molar-refractivity contribution in [3.05, 3.63) is 11.9 Å². The Balaban J connectivity index is 3.17. The Morgan fingerprint density at radius 1 is 1.54 bits per heavy atom. The molecule has 0 fully saturated rings. The second-order valence-electron chi connectivity index (χ2n) is 3.78. The smallest absolute Gasteiger partial charge is 0.360 e. The third kappa shape index (κ3) is 1.80. The average molecular weight is 184 g/mol. The van der Waals surface area contributed by atoms with Crippen molar-refractivity contribution in [3.8, 4) is 5.75 Å². The van der Waals surface area contributed by atoms with E-state index < -0.39 is 5.97 Å². The molecule has 0 saturated heterocycles. The predicted octanol–water partition coefficient (Wildman–Crippen LogP) is 1.04. The molecule has 1 rings (SSSR count). The third-order valence-electron chi connectivity index (χ3n) is 1.58. The summed E-state index contributed by atoms with van der Waals surface area (Å²) in [7, 11) is 0. The molecule has 1 aromatic heterocycles. The van der Waals surface area contributed by atoms with Crippen molar-refractivity contribution in [2.75, 3.05) is 0 Å². The summed E-state index contributed by atoms with van der Waals surface area (Å²) < 4.78 is 1.42. The molecule has 0 amide bonds. The number of carboxylic acid groups (broad SMARTS) is 1. The van der Waals surface area contributed by atoms with Crippen LogP contribution in [0.3, 0.4) is 0 Å². The molecule has 0 aliphatic carbocycles. The van der Waals surface area contributed by atoms with Gasteiger partial charge in [0.2, 0.25) is 5.69 Å². The zero-order chi connectivity index (χ0) is 10.2. The zero-order valence-corrected chi connectivity index (χ0v) is 7.77. The van der Waals surface area contributed by atoms with Gasteiger partial charge in [-0.2, -0.15) is 5.10 Å². The van der Waals surface area contributed by atoms with Gasteiger partial charge in [-0.3, -0.25) is 4.68 Å². The monoisotopic (exact) mass is 184 g/mol. The van der Waals surface area contributed by atoms with Gasteiger partial charge in [-0.25, -0.2) is 4.79 Å².